The van der Waals surface area contributed by atoms with Crippen molar-refractivity contribution in [3.63, 3.8) is 0 Å². The molecule has 0 fully saturated rings. The first-order valence-electron chi connectivity index (χ1n) is 8.90. The van der Waals surface area contributed by atoms with Crippen LogP contribution in [0.25, 0.3) is 0 Å². The van der Waals surface area contributed by atoms with Gasteiger partial charge in [-0.1, -0.05) is 5.16 Å². The average molecular weight is 420 g/mol. The summed E-state index contributed by atoms with van der Waals surface area (Å²) in [7, 11) is 1.65. The minimum absolute atomic E-state index is 0.0176. The molecule has 1 heterocycles. The summed E-state index contributed by atoms with van der Waals surface area (Å²) in [6.45, 7) is 5.48. The standard InChI is InChI=1S/C19H24N4O5S/c1-12(2)20-19(26)23(4)14-5-7-15(8-6-14)27-18(25)11-29-10-17(24)21-16-9-13(3)28-22-16/h5-9,12H,10-11H2,1-4H3,(H,20,26)(H,21,22,24). The number of esters is 1. The fourth-order valence-electron chi connectivity index (χ4n) is 2.19. The molecule has 0 aliphatic carbocycles. The highest BCUT2D eigenvalue weighted by molar-refractivity contribution is 8.00. The van der Waals surface area contributed by atoms with Crippen molar-refractivity contribution in [2.45, 2.75) is 26.8 Å². The van der Waals surface area contributed by atoms with Gasteiger partial charge in [-0.15, -0.1) is 11.8 Å². The number of thioether (sulfide) groups is 1. The van der Waals surface area contributed by atoms with Crippen LogP contribution in [0.15, 0.2) is 34.9 Å². The zero-order valence-electron chi connectivity index (χ0n) is 16.7. The molecule has 0 radical (unpaired) electrons. The molecule has 0 saturated heterocycles. The minimum atomic E-state index is -0.473. The fraction of sp³-hybridized carbons (Fsp3) is 0.368. The van der Waals surface area contributed by atoms with Gasteiger partial charge in [-0.3, -0.25) is 14.5 Å². The van der Waals surface area contributed by atoms with Crippen molar-refractivity contribution < 1.29 is 23.6 Å². The van der Waals surface area contributed by atoms with Crippen molar-refractivity contribution in [3.8, 4) is 5.75 Å². The van der Waals surface area contributed by atoms with Gasteiger partial charge in [-0.25, -0.2) is 4.79 Å². The van der Waals surface area contributed by atoms with Crippen LogP contribution in [0.4, 0.5) is 16.3 Å². The van der Waals surface area contributed by atoms with Gasteiger partial charge >= 0.3 is 12.0 Å². The van der Waals surface area contributed by atoms with Crippen LogP contribution in [0, 0.1) is 6.92 Å². The highest BCUT2D eigenvalue weighted by Gasteiger charge is 2.13. The first-order chi connectivity index (χ1) is 13.7. The first-order valence-corrected chi connectivity index (χ1v) is 10.1. The average Bonchev–Trinajstić information content (AvgIpc) is 3.05. The van der Waals surface area contributed by atoms with E-state index in [0.717, 1.165) is 11.8 Å². The zero-order chi connectivity index (χ0) is 21.4. The number of amides is 3. The summed E-state index contributed by atoms with van der Waals surface area (Å²) in [5.74, 6) is 0.623. The third kappa shape index (κ3) is 7.49. The molecule has 0 aliphatic heterocycles. The summed E-state index contributed by atoms with van der Waals surface area (Å²) in [4.78, 5) is 37.2. The van der Waals surface area contributed by atoms with Crippen LogP contribution in [0.1, 0.15) is 19.6 Å². The summed E-state index contributed by atoms with van der Waals surface area (Å²) < 4.78 is 10.1. The van der Waals surface area contributed by atoms with Crippen molar-refractivity contribution in [1.82, 2.24) is 10.5 Å². The molecule has 0 atom stereocenters. The number of ether oxygens (including phenoxy) is 1. The molecule has 0 aliphatic rings. The third-order valence-electron chi connectivity index (χ3n) is 3.52. The van der Waals surface area contributed by atoms with E-state index in [1.807, 2.05) is 13.8 Å². The predicted octanol–water partition coefficient (Wildman–Crippen LogP) is 2.81. The smallest absolute Gasteiger partial charge is 0.321 e. The third-order valence-corrected chi connectivity index (χ3v) is 4.43. The number of aromatic nitrogens is 1. The number of aryl methyl sites for hydroxylation is 1. The van der Waals surface area contributed by atoms with E-state index in [9.17, 15) is 14.4 Å². The zero-order valence-corrected chi connectivity index (χ0v) is 17.5. The second kappa shape index (κ2) is 10.5. The number of carbonyl (C=O) groups excluding carboxylic acids is 3. The molecule has 10 heteroatoms. The maximum absolute atomic E-state index is 12.0. The number of rotatable bonds is 8. The SMILES string of the molecule is Cc1cc(NC(=O)CSCC(=O)Oc2ccc(N(C)C(=O)NC(C)C)cc2)no1. The van der Waals surface area contributed by atoms with E-state index in [2.05, 4.69) is 15.8 Å². The van der Waals surface area contributed by atoms with E-state index < -0.39 is 5.97 Å². The largest absolute Gasteiger partial charge is 0.426 e. The van der Waals surface area contributed by atoms with Gasteiger partial charge in [0.15, 0.2) is 5.82 Å². The van der Waals surface area contributed by atoms with Gasteiger partial charge in [0, 0.05) is 24.8 Å². The summed E-state index contributed by atoms with van der Waals surface area (Å²) in [6, 6.07) is 7.99. The van der Waals surface area contributed by atoms with Crippen LogP contribution in [0.2, 0.25) is 0 Å². The molecule has 156 valence electrons. The number of urea groups is 1. The summed E-state index contributed by atoms with van der Waals surface area (Å²) in [5.41, 5.74) is 0.664. The normalized spacial score (nSPS) is 10.5. The van der Waals surface area contributed by atoms with E-state index >= 15 is 0 Å². The second-order valence-electron chi connectivity index (χ2n) is 6.49. The molecule has 0 unspecified atom stereocenters. The Morgan fingerprint density at radius 2 is 1.90 bits per heavy atom. The lowest BCUT2D eigenvalue weighted by atomic mass is 10.3. The molecule has 1 aromatic heterocycles. The Balaban J connectivity index is 1.74. The molecular weight excluding hydrogens is 396 g/mol. The molecule has 0 bridgehead atoms. The summed E-state index contributed by atoms with van der Waals surface area (Å²) >= 11 is 1.13. The molecule has 9 nitrogen and oxygen atoms in total. The summed E-state index contributed by atoms with van der Waals surface area (Å²) in [5, 5.41) is 9.03. The Morgan fingerprint density at radius 1 is 1.21 bits per heavy atom. The molecule has 3 amide bonds. The Hall–Kier alpha value is -3.01. The van der Waals surface area contributed by atoms with Crippen molar-refractivity contribution in [3.05, 3.63) is 36.1 Å². The Morgan fingerprint density at radius 3 is 2.48 bits per heavy atom. The van der Waals surface area contributed by atoms with Gasteiger partial charge in [0.05, 0.1) is 11.5 Å². The number of carbonyl (C=O) groups is 3. The first kappa shape index (κ1) is 22.3. The molecule has 2 rings (SSSR count). The Bertz CT molecular complexity index is 851. The van der Waals surface area contributed by atoms with E-state index in [0.29, 0.717) is 23.0 Å². The number of hydrogen-bond donors (Lipinski definition) is 2. The van der Waals surface area contributed by atoms with Crippen molar-refractivity contribution in [2.24, 2.45) is 0 Å². The monoisotopic (exact) mass is 420 g/mol. The maximum Gasteiger partial charge on any atom is 0.321 e. The highest BCUT2D eigenvalue weighted by Crippen LogP contribution is 2.19. The van der Waals surface area contributed by atoms with Crippen molar-refractivity contribution in [1.29, 1.82) is 0 Å². The van der Waals surface area contributed by atoms with Gasteiger partial charge in [-0.2, -0.15) is 0 Å². The van der Waals surface area contributed by atoms with Gasteiger partial charge in [0.1, 0.15) is 11.5 Å². The van der Waals surface area contributed by atoms with Crippen LogP contribution in [0.3, 0.4) is 0 Å². The van der Waals surface area contributed by atoms with Crippen LogP contribution in [0.5, 0.6) is 5.75 Å². The summed E-state index contributed by atoms with van der Waals surface area (Å²) in [6.07, 6.45) is 0. The predicted molar refractivity (Wildman–Crippen MR) is 111 cm³/mol. The molecular formula is C19H24N4O5S. The Kier molecular flexibility index (Phi) is 8.08. The van der Waals surface area contributed by atoms with Crippen molar-refractivity contribution >= 4 is 41.2 Å². The number of anilines is 2. The number of benzene rings is 1. The second-order valence-corrected chi connectivity index (χ2v) is 7.48. The maximum atomic E-state index is 12.0. The van der Waals surface area contributed by atoms with E-state index in [1.54, 1.807) is 44.3 Å². The number of hydrogen-bond acceptors (Lipinski definition) is 7. The molecule has 2 N–H and O–H groups in total. The molecule has 0 saturated carbocycles. The van der Waals surface area contributed by atoms with Gasteiger partial charge < -0.3 is 19.9 Å². The lowest BCUT2D eigenvalue weighted by molar-refractivity contribution is -0.131. The molecule has 2 aromatic rings. The van der Waals surface area contributed by atoms with Crippen molar-refractivity contribution in [2.75, 3.05) is 28.8 Å². The Labute approximate surface area is 173 Å². The number of nitrogens with one attached hydrogen (secondary N) is 2. The van der Waals surface area contributed by atoms with E-state index in [1.165, 1.54) is 4.90 Å². The number of nitrogens with zero attached hydrogens (tertiary/aromatic N) is 2. The minimum Gasteiger partial charge on any atom is -0.426 e. The van der Waals surface area contributed by atoms with Crippen LogP contribution >= 0.6 is 11.8 Å². The van der Waals surface area contributed by atoms with Crippen LogP contribution in [-0.4, -0.2) is 47.7 Å². The van der Waals surface area contributed by atoms with Gasteiger partial charge in [0.25, 0.3) is 0 Å². The van der Waals surface area contributed by atoms with Crippen LogP contribution < -0.4 is 20.3 Å². The van der Waals surface area contributed by atoms with E-state index in [4.69, 9.17) is 9.26 Å². The molecule has 0 spiro atoms. The van der Waals surface area contributed by atoms with Crippen LogP contribution in [-0.2, 0) is 9.59 Å². The van der Waals surface area contributed by atoms with Gasteiger partial charge in [0.2, 0.25) is 5.91 Å². The quantitative estimate of drug-likeness (QED) is 0.498. The van der Waals surface area contributed by atoms with E-state index in [-0.39, 0.29) is 29.5 Å². The molecule has 1 aromatic carbocycles. The fourth-order valence-corrected chi connectivity index (χ4v) is 2.78. The molecule has 29 heavy (non-hydrogen) atoms. The lowest BCUT2D eigenvalue weighted by Crippen LogP contribution is -2.40. The van der Waals surface area contributed by atoms with Gasteiger partial charge in [-0.05, 0) is 45.0 Å². The highest BCUT2D eigenvalue weighted by atomic mass is 32.2. The lowest BCUT2D eigenvalue weighted by Gasteiger charge is -2.20. The topological polar surface area (TPSA) is 114 Å².